The van der Waals surface area contributed by atoms with E-state index in [1.165, 1.54) is 6.20 Å². The molecule has 2 atom stereocenters. The molecule has 1 saturated heterocycles. The maximum Gasteiger partial charge on any atom is 0.148 e. The van der Waals surface area contributed by atoms with Crippen LogP contribution in [0.25, 0.3) is 10.9 Å². The molecule has 4 heteroatoms. The molecule has 1 fully saturated rings. The van der Waals surface area contributed by atoms with Crippen LogP contribution in [0.15, 0.2) is 24.4 Å². The third-order valence-electron chi connectivity index (χ3n) is 4.05. The quantitative estimate of drug-likeness (QED) is 0.779. The SMILES string of the molecule is CC1(C)CC[C@@H]([C@H](O)c2cccc3[nH]cc(F)c23)N1. The molecule has 2 heterocycles. The number of hydrogen-bond donors (Lipinski definition) is 3. The summed E-state index contributed by atoms with van der Waals surface area (Å²) in [5, 5.41) is 14.5. The summed E-state index contributed by atoms with van der Waals surface area (Å²) in [5.74, 6) is -0.304. The van der Waals surface area contributed by atoms with Gasteiger partial charge in [0.15, 0.2) is 0 Å². The van der Waals surface area contributed by atoms with Gasteiger partial charge < -0.3 is 15.4 Å². The largest absolute Gasteiger partial charge is 0.387 e. The second-order valence-corrected chi connectivity index (χ2v) is 6.02. The van der Waals surface area contributed by atoms with Crippen LogP contribution in [0, 0.1) is 5.82 Å². The zero-order valence-corrected chi connectivity index (χ0v) is 11.2. The van der Waals surface area contributed by atoms with Gasteiger partial charge in [0.1, 0.15) is 5.82 Å². The van der Waals surface area contributed by atoms with Crippen molar-refractivity contribution in [2.24, 2.45) is 0 Å². The molecule has 3 nitrogen and oxygen atoms in total. The molecule has 0 amide bonds. The molecule has 0 radical (unpaired) electrons. The van der Waals surface area contributed by atoms with Gasteiger partial charge in [-0.2, -0.15) is 0 Å². The van der Waals surface area contributed by atoms with Crippen LogP contribution >= 0.6 is 0 Å². The lowest BCUT2D eigenvalue weighted by Crippen LogP contribution is -2.40. The number of rotatable bonds is 2. The van der Waals surface area contributed by atoms with Gasteiger partial charge >= 0.3 is 0 Å². The predicted octanol–water partition coefficient (Wildman–Crippen LogP) is 2.87. The van der Waals surface area contributed by atoms with Gasteiger partial charge in [-0.15, -0.1) is 0 Å². The molecule has 0 bridgehead atoms. The van der Waals surface area contributed by atoms with Crippen molar-refractivity contribution >= 4 is 10.9 Å². The summed E-state index contributed by atoms with van der Waals surface area (Å²) in [6.45, 7) is 4.24. The first-order chi connectivity index (χ1) is 8.98. The zero-order valence-electron chi connectivity index (χ0n) is 11.2. The highest BCUT2D eigenvalue weighted by Crippen LogP contribution is 2.34. The Bertz CT molecular complexity index is 605. The standard InChI is InChI=1S/C15H19FN2O/c1-15(2)7-6-12(18-15)14(19)9-4-3-5-11-13(9)10(16)8-17-11/h3-5,8,12,14,17-19H,6-7H2,1-2H3/t12-,14+/m0/s1. The van der Waals surface area contributed by atoms with Crippen molar-refractivity contribution in [3.63, 3.8) is 0 Å². The average molecular weight is 262 g/mol. The highest BCUT2D eigenvalue weighted by Gasteiger charge is 2.35. The first-order valence-corrected chi connectivity index (χ1v) is 6.69. The summed E-state index contributed by atoms with van der Waals surface area (Å²) in [7, 11) is 0. The first kappa shape index (κ1) is 12.6. The van der Waals surface area contributed by atoms with Gasteiger partial charge in [0.25, 0.3) is 0 Å². The number of aliphatic hydroxyl groups excluding tert-OH is 1. The Hall–Kier alpha value is -1.39. The third kappa shape index (κ3) is 2.15. The Labute approximate surface area is 111 Å². The molecule has 1 aromatic heterocycles. The number of halogens is 1. The highest BCUT2D eigenvalue weighted by molar-refractivity contribution is 5.84. The van der Waals surface area contributed by atoms with Crippen LogP contribution in [-0.4, -0.2) is 21.7 Å². The molecule has 0 saturated carbocycles. The number of aromatic nitrogens is 1. The van der Waals surface area contributed by atoms with Crippen molar-refractivity contribution in [1.82, 2.24) is 10.3 Å². The normalized spacial score (nSPS) is 23.9. The number of hydrogen-bond acceptors (Lipinski definition) is 2. The van der Waals surface area contributed by atoms with Gasteiger partial charge in [0, 0.05) is 28.7 Å². The van der Waals surface area contributed by atoms with Crippen molar-refractivity contribution in [3.8, 4) is 0 Å². The van der Waals surface area contributed by atoms with Crippen LogP contribution in [0.2, 0.25) is 0 Å². The van der Waals surface area contributed by atoms with Gasteiger partial charge in [0.2, 0.25) is 0 Å². The summed E-state index contributed by atoms with van der Waals surface area (Å²) < 4.78 is 13.8. The van der Waals surface area contributed by atoms with E-state index in [9.17, 15) is 9.50 Å². The van der Waals surface area contributed by atoms with Gasteiger partial charge in [0.05, 0.1) is 6.10 Å². The fourth-order valence-corrected chi connectivity index (χ4v) is 3.03. The maximum atomic E-state index is 13.8. The number of aliphatic hydroxyl groups is 1. The van der Waals surface area contributed by atoms with E-state index in [0.29, 0.717) is 10.9 Å². The van der Waals surface area contributed by atoms with E-state index < -0.39 is 6.10 Å². The molecule has 0 spiro atoms. The smallest absolute Gasteiger partial charge is 0.148 e. The fourth-order valence-electron chi connectivity index (χ4n) is 3.03. The number of aromatic amines is 1. The summed E-state index contributed by atoms with van der Waals surface area (Å²) in [6, 6.07) is 5.45. The molecule has 1 aliphatic heterocycles. The topological polar surface area (TPSA) is 48.0 Å². The molecule has 102 valence electrons. The lowest BCUT2D eigenvalue weighted by atomic mass is 9.97. The molecule has 3 N–H and O–H groups in total. The van der Waals surface area contributed by atoms with Crippen LogP contribution in [-0.2, 0) is 0 Å². The minimum absolute atomic E-state index is 0.0186. The van der Waals surface area contributed by atoms with E-state index in [1.54, 1.807) is 6.07 Å². The summed E-state index contributed by atoms with van der Waals surface area (Å²) >= 11 is 0. The van der Waals surface area contributed by atoms with Crippen molar-refractivity contribution in [1.29, 1.82) is 0 Å². The molecule has 3 rings (SSSR count). The van der Waals surface area contributed by atoms with E-state index in [2.05, 4.69) is 24.1 Å². The minimum Gasteiger partial charge on any atom is -0.387 e. The van der Waals surface area contributed by atoms with Crippen LogP contribution < -0.4 is 5.32 Å². The summed E-state index contributed by atoms with van der Waals surface area (Å²) in [6.07, 6.45) is 2.57. The Morgan fingerprint density at radius 1 is 1.42 bits per heavy atom. The van der Waals surface area contributed by atoms with Crippen LogP contribution in [0.4, 0.5) is 4.39 Å². The molecule has 2 aromatic rings. The first-order valence-electron chi connectivity index (χ1n) is 6.69. The number of fused-ring (bicyclic) bond motifs is 1. The van der Waals surface area contributed by atoms with Crippen LogP contribution in [0.1, 0.15) is 38.4 Å². The molecule has 0 aliphatic carbocycles. The highest BCUT2D eigenvalue weighted by atomic mass is 19.1. The van der Waals surface area contributed by atoms with Crippen molar-refractivity contribution < 1.29 is 9.50 Å². The maximum absolute atomic E-state index is 13.8. The third-order valence-corrected chi connectivity index (χ3v) is 4.05. The van der Waals surface area contributed by atoms with E-state index in [-0.39, 0.29) is 17.4 Å². The molecular weight excluding hydrogens is 243 g/mol. The Morgan fingerprint density at radius 3 is 2.89 bits per heavy atom. The second kappa shape index (κ2) is 4.32. The van der Waals surface area contributed by atoms with Gasteiger partial charge in [-0.25, -0.2) is 4.39 Å². The second-order valence-electron chi connectivity index (χ2n) is 6.02. The number of H-pyrrole nitrogens is 1. The van der Waals surface area contributed by atoms with E-state index in [0.717, 1.165) is 18.4 Å². The lowest BCUT2D eigenvalue weighted by molar-refractivity contribution is 0.133. The summed E-state index contributed by atoms with van der Waals surface area (Å²) in [4.78, 5) is 2.88. The predicted molar refractivity (Wildman–Crippen MR) is 73.5 cm³/mol. The van der Waals surface area contributed by atoms with Crippen molar-refractivity contribution in [3.05, 3.63) is 35.8 Å². The van der Waals surface area contributed by atoms with Crippen molar-refractivity contribution in [2.75, 3.05) is 0 Å². The van der Waals surface area contributed by atoms with Gasteiger partial charge in [-0.1, -0.05) is 12.1 Å². The molecular formula is C15H19FN2O. The molecule has 1 aromatic carbocycles. The van der Waals surface area contributed by atoms with Gasteiger partial charge in [-0.3, -0.25) is 0 Å². The Morgan fingerprint density at radius 2 is 2.21 bits per heavy atom. The van der Waals surface area contributed by atoms with E-state index in [4.69, 9.17) is 0 Å². The van der Waals surface area contributed by atoms with Crippen molar-refractivity contribution in [2.45, 2.75) is 44.4 Å². The fraction of sp³-hybridized carbons (Fsp3) is 0.467. The zero-order chi connectivity index (χ0) is 13.6. The lowest BCUT2D eigenvalue weighted by Gasteiger charge is -2.24. The molecule has 19 heavy (non-hydrogen) atoms. The number of benzene rings is 1. The average Bonchev–Trinajstić information content (AvgIpc) is 2.92. The Balaban J connectivity index is 1.98. The van der Waals surface area contributed by atoms with Gasteiger partial charge in [-0.05, 0) is 38.3 Å². The monoisotopic (exact) mass is 262 g/mol. The van der Waals surface area contributed by atoms with E-state index in [1.807, 2.05) is 12.1 Å². The number of nitrogens with one attached hydrogen (secondary N) is 2. The molecule has 0 unspecified atom stereocenters. The van der Waals surface area contributed by atoms with Crippen LogP contribution in [0.5, 0.6) is 0 Å². The van der Waals surface area contributed by atoms with Crippen LogP contribution in [0.3, 0.4) is 0 Å². The summed E-state index contributed by atoms with van der Waals surface area (Å²) in [5.41, 5.74) is 1.42. The molecule has 1 aliphatic rings. The Kier molecular flexibility index (Phi) is 2.87. The minimum atomic E-state index is -0.684. The van der Waals surface area contributed by atoms with E-state index >= 15 is 0 Å².